The predicted molar refractivity (Wildman–Crippen MR) is 64.2 cm³/mol. The molecule has 1 saturated heterocycles. The Kier molecular flexibility index (Phi) is 2.80. The molecule has 1 aromatic heterocycles. The quantitative estimate of drug-likeness (QED) is 0.861. The van der Waals surface area contributed by atoms with Crippen molar-refractivity contribution in [2.75, 3.05) is 0 Å². The van der Waals surface area contributed by atoms with Crippen molar-refractivity contribution in [1.82, 2.24) is 9.59 Å². The van der Waals surface area contributed by atoms with Gasteiger partial charge in [-0.05, 0) is 45.6 Å². The molecule has 1 aromatic rings. The summed E-state index contributed by atoms with van der Waals surface area (Å²) in [6.07, 6.45) is 2.73. The predicted octanol–water partition coefficient (Wildman–Crippen LogP) is 2.13. The van der Waals surface area contributed by atoms with Crippen molar-refractivity contribution < 1.29 is 4.74 Å². The minimum absolute atomic E-state index is 0.0308. The molecule has 2 N–H and O–H groups in total. The maximum atomic E-state index is 6.29. The molecule has 0 saturated carbocycles. The fourth-order valence-electron chi connectivity index (χ4n) is 2.68. The highest BCUT2D eigenvalue weighted by atomic mass is 32.1. The van der Waals surface area contributed by atoms with E-state index in [9.17, 15) is 0 Å². The number of nitrogens with zero attached hydrogens (tertiary/aromatic N) is 2. The maximum absolute atomic E-state index is 6.29. The lowest BCUT2D eigenvalue weighted by Crippen LogP contribution is -2.35. The van der Waals surface area contributed by atoms with Crippen LogP contribution in [0.15, 0.2) is 6.20 Å². The average Bonchev–Trinajstić information content (AvgIpc) is 2.69. The van der Waals surface area contributed by atoms with E-state index in [0.29, 0.717) is 5.92 Å². The molecule has 4 nitrogen and oxygen atoms in total. The van der Waals surface area contributed by atoms with Crippen molar-refractivity contribution in [2.24, 2.45) is 11.7 Å². The van der Waals surface area contributed by atoms with Crippen LogP contribution in [0.4, 0.5) is 0 Å². The number of rotatable bonds is 2. The van der Waals surface area contributed by atoms with Gasteiger partial charge in [0.25, 0.3) is 0 Å². The highest BCUT2D eigenvalue weighted by Crippen LogP contribution is 2.47. The zero-order valence-corrected chi connectivity index (χ0v) is 11.0. The Morgan fingerprint density at radius 1 is 1.50 bits per heavy atom. The van der Waals surface area contributed by atoms with E-state index in [4.69, 9.17) is 10.5 Å². The standard InChI is InChI=1S/C11H19N3OS/c1-10(2)5-7(11(3,4)15-10)9(12)8-6-13-14-16-8/h6-7,9H,5,12H2,1-4H3. The third kappa shape index (κ3) is 2.12. The van der Waals surface area contributed by atoms with Crippen LogP contribution < -0.4 is 5.73 Å². The molecule has 2 heterocycles. The number of nitrogens with two attached hydrogens (primary N) is 1. The van der Waals surface area contributed by atoms with E-state index < -0.39 is 0 Å². The van der Waals surface area contributed by atoms with E-state index in [1.54, 1.807) is 6.20 Å². The Bertz CT molecular complexity index is 361. The van der Waals surface area contributed by atoms with Crippen LogP contribution in [0.5, 0.6) is 0 Å². The van der Waals surface area contributed by atoms with Crippen LogP contribution in [0, 0.1) is 5.92 Å². The van der Waals surface area contributed by atoms with Crippen LogP contribution in [0.1, 0.15) is 45.0 Å². The zero-order valence-electron chi connectivity index (χ0n) is 10.2. The molecule has 90 valence electrons. The first-order valence-electron chi connectivity index (χ1n) is 5.55. The average molecular weight is 241 g/mol. The molecule has 0 aromatic carbocycles. The number of hydrogen-bond donors (Lipinski definition) is 1. The minimum atomic E-state index is -0.188. The van der Waals surface area contributed by atoms with Crippen LogP contribution in [0.2, 0.25) is 0 Å². The van der Waals surface area contributed by atoms with Crippen molar-refractivity contribution in [1.29, 1.82) is 0 Å². The van der Waals surface area contributed by atoms with Gasteiger partial charge >= 0.3 is 0 Å². The summed E-state index contributed by atoms with van der Waals surface area (Å²) < 4.78 is 9.92. The summed E-state index contributed by atoms with van der Waals surface area (Å²) in [6.45, 7) is 8.46. The molecule has 0 radical (unpaired) electrons. The van der Waals surface area contributed by atoms with E-state index in [1.165, 1.54) is 11.5 Å². The molecule has 0 bridgehead atoms. The second-order valence-electron chi connectivity index (χ2n) is 5.62. The van der Waals surface area contributed by atoms with Crippen molar-refractivity contribution in [3.63, 3.8) is 0 Å². The number of hydrogen-bond acceptors (Lipinski definition) is 5. The Balaban J connectivity index is 2.22. The van der Waals surface area contributed by atoms with Gasteiger partial charge < -0.3 is 10.5 Å². The van der Waals surface area contributed by atoms with Crippen LogP contribution in [-0.4, -0.2) is 20.8 Å². The molecule has 0 spiro atoms. The lowest BCUT2D eigenvalue weighted by atomic mass is 9.81. The summed E-state index contributed by atoms with van der Waals surface area (Å²) in [7, 11) is 0. The maximum Gasteiger partial charge on any atom is 0.0681 e. The van der Waals surface area contributed by atoms with Gasteiger partial charge in [0.15, 0.2) is 0 Å². The highest BCUT2D eigenvalue weighted by Gasteiger charge is 2.48. The molecular formula is C11H19N3OS. The molecule has 2 unspecified atom stereocenters. The third-order valence-electron chi connectivity index (χ3n) is 3.28. The summed E-state index contributed by atoms with van der Waals surface area (Å²) in [6, 6.07) is -0.0308. The van der Waals surface area contributed by atoms with E-state index in [2.05, 4.69) is 37.3 Å². The van der Waals surface area contributed by atoms with Gasteiger partial charge in [-0.1, -0.05) is 4.49 Å². The number of ether oxygens (including phenoxy) is 1. The molecule has 5 heteroatoms. The fraction of sp³-hybridized carbons (Fsp3) is 0.818. The minimum Gasteiger partial charge on any atom is -0.369 e. The van der Waals surface area contributed by atoms with Crippen molar-refractivity contribution in [2.45, 2.75) is 51.4 Å². The Morgan fingerprint density at radius 2 is 2.19 bits per heavy atom. The van der Waals surface area contributed by atoms with Crippen LogP contribution in [0.25, 0.3) is 0 Å². The lowest BCUT2D eigenvalue weighted by molar-refractivity contribution is -0.0766. The van der Waals surface area contributed by atoms with Gasteiger partial charge in [-0.15, -0.1) is 5.10 Å². The van der Waals surface area contributed by atoms with Crippen LogP contribution in [0.3, 0.4) is 0 Å². The van der Waals surface area contributed by atoms with Crippen LogP contribution in [-0.2, 0) is 4.74 Å². The van der Waals surface area contributed by atoms with Crippen molar-refractivity contribution >= 4 is 11.5 Å². The van der Waals surface area contributed by atoms with Gasteiger partial charge in [-0.3, -0.25) is 0 Å². The van der Waals surface area contributed by atoms with Gasteiger partial charge in [0, 0.05) is 12.0 Å². The van der Waals surface area contributed by atoms with E-state index in [-0.39, 0.29) is 17.2 Å². The SMILES string of the molecule is CC1(C)CC(C(N)c2cnns2)C(C)(C)O1. The van der Waals surface area contributed by atoms with Gasteiger partial charge in [0.1, 0.15) is 0 Å². The van der Waals surface area contributed by atoms with Crippen molar-refractivity contribution in [3.8, 4) is 0 Å². The van der Waals surface area contributed by atoms with Gasteiger partial charge in [-0.2, -0.15) is 0 Å². The Labute approximate surface area is 100 Å². The Hall–Kier alpha value is -0.520. The lowest BCUT2D eigenvalue weighted by Gasteiger charge is -2.30. The van der Waals surface area contributed by atoms with E-state index >= 15 is 0 Å². The van der Waals surface area contributed by atoms with E-state index in [1.807, 2.05) is 0 Å². The fourth-order valence-corrected chi connectivity index (χ4v) is 3.25. The Morgan fingerprint density at radius 3 is 2.62 bits per heavy atom. The van der Waals surface area contributed by atoms with Crippen molar-refractivity contribution in [3.05, 3.63) is 11.1 Å². The largest absolute Gasteiger partial charge is 0.369 e. The zero-order chi connectivity index (χ0) is 12.0. The van der Waals surface area contributed by atoms with Gasteiger partial charge in [0.05, 0.1) is 22.3 Å². The summed E-state index contributed by atoms with van der Waals surface area (Å²) in [5.41, 5.74) is 6.01. The molecule has 0 amide bonds. The number of aromatic nitrogens is 2. The van der Waals surface area contributed by atoms with Crippen LogP contribution >= 0.6 is 11.5 Å². The highest BCUT2D eigenvalue weighted by molar-refractivity contribution is 7.05. The molecule has 2 rings (SSSR count). The molecule has 16 heavy (non-hydrogen) atoms. The molecule has 1 fully saturated rings. The molecular weight excluding hydrogens is 222 g/mol. The summed E-state index contributed by atoms with van der Waals surface area (Å²) in [5.74, 6) is 0.310. The third-order valence-corrected chi connectivity index (χ3v) is 4.05. The second kappa shape index (κ2) is 3.75. The first-order valence-corrected chi connectivity index (χ1v) is 6.32. The summed E-state index contributed by atoms with van der Waals surface area (Å²) >= 11 is 1.38. The first kappa shape index (κ1) is 12.0. The molecule has 2 atom stereocenters. The molecule has 1 aliphatic heterocycles. The smallest absolute Gasteiger partial charge is 0.0681 e. The topological polar surface area (TPSA) is 61.0 Å². The second-order valence-corrected chi connectivity index (χ2v) is 6.44. The van der Waals surface area contributed by atoms with E-state index in [0.717, 1.165) is 11.3 Å². The monoisotopic (exact) mass is 241 g/mol. The summed E-state index contributed by atoms with van der Waals surface area (Å²) in [4.78, 5) is 1.04. The first-order chi connectivity index (χ1) is 7.32. The normalized spacial score (nSPS) is 29.2. The molecule has 0 aliphatic carbocycles. The molecule has 1 aliphatic rings. The summed E-state index contributed by atoms with van der Waals surface area (Å²) in [5, 5.41) is 3.85. The van der Waals surface area contributed by atoms with Gasteiger partial charge in [0.2, 0.25) is 0 Å². The van der Waals surface area contributed by atoms with Gasteiger partial charge in [-0.25, -0.2) is 0 Å².